The van der Waals surface area contributed by atoms with Crippen LogP contribution in [0.4, 0.5) is 0 Å². The lowest BCUT2D eigenvalue weighted by Crippen LogP contribution is -2.34. The van der Waals surface area contributed by atoms with Gasteiger partial charge in [-0.25, -0.2) is 8.42 Å². The third-order valence-electron chi connectivity index (χ3n) is 5.08. The number of fused-ring (bicyclic) bond motifs is 1. The molecule has 140 valence electrons. The third-order valence-corrected chi connectivity index (χ3v) is 6.96. The van der Waals surface area contributed by atoms with Crippen molar-refractivity contribution in [3.63, 3.8) is 0 Å². The molecule has 0 aliphatic carbocycles. The zero-order chi connectivity index (χ0) is 19.0. The molecular formula is C21H22N2O3S. The Hall–Kier alpha value is -2.57. The molecular weight excluding hydrogens is 360 g/mol. The van der Waals surface area contributed by atoms with Crippen molar-refractivity contribution < 1.29 is 13.2 Å². The summed E-state index contributed by atoms with van der Waals surface area (Å²) in [6.07, 6.45) is 2.73. The Kier molecular flexibility index (Phi) is 4.53. The van der Waals surface area contributed by atoms with Gasteiger partial charge in [0.05, 0.1) is 12.0 Å². The first-order valence-corrected chi connectivity index (χ1v) is 10.4. The number of aromatic nitrogens is 1. The highest BCUT2D eigenvalue weighted by atomic mass is 32.2. The molecule has 0 fully saturated rings. The van der Waals surface area contributed by atoms with Gasteiger partial charge in [0.15, 0.2) is 0 Å². The fourth-order valence-electron chi connectivity index (χ4n) is 3.68. The second-order valence-corrected chi connectivity index (χ2v) is 8.63. The topological polar surface area (TPSA) is 62.4 Å². The Morgan fingerprint density at radius 2 is 1.81 bits per heavy atom. The van der Waals surface area contributed by atoms with Crippen LogP contribution in [0.3, 0.4) is 0 Å². The van der Waals surface area contributed by atoms with Gasteiger partial charge in [0.25, 0.3) is 0 Å². The molecule has 0 saturated carbocycles. The van der Waals surface area contributed by atoms with Crippen molar-refractivity contribution in [1.29, 1.82) is 0 Å². The number of rotatable bonds is 4. The summed E-state index contributed by atoms with van der Waals surface area (Å²) in [4.78, 5) is 3.71. The van der Waals surface area contributed by atoms with Gasteiger partial charge in [-0.2, -0.15) is 4.31 Å². The molecule has 1 N–H and O–H groups in total. The molecule has 0 radical (unpaired) electrons. The molecule has 1 aromatic heterocycles. The van der Waals surface area contributed by atoms with Crippen molar-refractivity contribution in [2.24, 2.45) is 0 Å². The van der Waals surface area contributed by atoms with Crippen LogP contribution in [0.2, 0.25) is 0 Å². The first-order chi connectivity index (χ1) is 13.0. The zero-order valence-electron chi connectivity index (χ0n) is 15.4. The lowest BCUT2D eigenvalue weighted by molar-refractivity contribution is 0.414. The fourth-order valence-corrected chi connectivity index (χ4v) is 5.06. The number of benzene rings is 2. The molecule has 0 atom stereocenters. The van der Waals surface area contributed by atoms with E-state index in [9.17, 15) is 8.42 Å². The number of sulfonamides is 1. The van der Waals surface area contributed by atoms with Gasteiger partial charge >= 0.3 is 0 Å². The number of aromatic amines is 1. The third kappa shape index (κ3) is 3.15. The summed E-state index contributed by atoms with van der Waals surface area (Å²) in [7, 11) is -1.94. The van der Waals surface area contributed by atoms with Crippen molar-refractivity contribution in [1.82, 2.24) is 9.29 Å². The van der Waals surface area contributed by atoms with Crippen molar-refractivity contribution in [3.8, 4) is 5.75 Å². The number of hydrogen-bond donors (Lipinski definition) is 1. The lowest BCUT2D eigenvalue weighted by atomic mass is 9.97. The number of H-pyrrole nitrogens is 1. The SMILES string of the molecule is COc1ccc(S(=O)(=O)N2CC=C(c3c(C)[nH]c4ccccc34)CC2)cc1. The van der Waals surface area contributed by atoms with E-state index in [-0.39, 0.29) is 0 Å². The average Bonchev–Trinajstić information content (AvgIpc) is 3.04. The molecule has 1 aliphatic heterocycles. The minimum Gasteiger partial charge on any atom is -0.497 e. The van der Waals surface area contributed by atoms with E-state index in [1.807, 2.05) is 18.2 Å². The summed E-state index contributed by atoms with van der Waals surface area (Å²) >= 11 is 0. The van der Waals surface area contributed by atoms with Crippen molar-refractivity contribution in [3.05, 3.63) is 65.9 Å². The van der Waals surface area contributed by atoms with Crippen molar-refractivity contribution in [2.45, 2.75) is 18.2 Å². The Labute approximate surface area is 159 Å². The number of hydrogen-bond acceptors (Lipinski definition) is 3. The van der Waals surface area contributed by atoms with Gasteiger partial charge < -0.3 is 9.72 Å². The lowest BCUT2D eigenvalue weighted by Gasteiger charge is -2.26. The minimum absolute atomic E-state index is 0.295. The van der Waals surface area contributed by atoms with Gasteiger partial charge in [-0.1, -0.05) is 24.3 Å². The van der Waals surface area contributed by atoms with Crippen molar-refractivity contribution in [2.75, 3.05) is 20.2 Å². The number of nitrogens with zero attached hydrogens (tertiary/aromatic N) is 1. The summed E-state index contributed by atoms with van der Waals surface area (Å²) in [6, 6.07) is 14.8. The van der Waals surface area contributed by atoms with Crippen LogP contribution in [0.25, 0.3) is 16.5 Å². The quantitative estimate of drug-likeness (QED) is 0.743. The second kappa shape index (κ2) is 6.87. The van der Waals surface area contributed by atoms with Crippen LogP contribution in [0.5, 0.6) is 5.75 Å². The Balaban J connectivity index is 1.61. The number of aryl methyl sites for hydroxylation is 1. The summed E-state index contributed by atoms with van der Waals surface area (Å²) in [6.45, 7) is 2.92. The molecule has 0 amide bonds. The predicted molar refractivity (Wildman–Crippen MR) is 107 cm³/mol. The highest BCUT2D eigenvalue weighted by molar-refractivity contribution is 7.89. The molecule has 0 unspecified atom stereocenters. The van der Waals surface area contributed by atoms with Crippen LogP contribution >= 0.6 is 0 Å². The van der Waals surface area contributed by atoms with Crippen molar-refractivity contribution >= 4 is 26.5 Å². The maximum atomic E-state index is 12.9. The summed E-state index contributed by atoms with van der Waals surface area (Å²) < 4.78 is 32.5. The van der Waals surface area contributed by atoms with E-state index in [1.54, 1.807) is 31.4 Å². The molecule has 0 saturated heterocycles. The van der Waals surface area contributed by atoms with E-state index in [1.165, 1.54) is 20.8 Å². The van der Waals surface area contributed by atoms with Crippen LogP contribution in [0.15, 0.2) is 59.5 Å². The van der Waals surface area contributed by atoms with Crippen LogP contribution in [0, 0.1) is 6.92 Å². The molecule has 6 heteroatoms. The molecule has 27 heavy (non-hydrogen) atoms. The Morgan fingerprint density at radius 1 is 1.07 bits per heavy atom. The largest absolute Gasteiger partial charge is 0.497 e. The molecule has 5 nitrogen and oxygen atoms in total. The van der Waals surface area contributed by atoms with E-state index >= 15 is 0 Å². The minimum atomic E-state index is -3.51. The maximum Gasteiger partial charge on any atom is 0.243 e. The number of nitrogens with one attached hydrogen (secondary N) is 1. The molecule has 4 rings (SSSR count). The van der Waals surface area contributed by atoms with Crippen LogP contribution in [-0.4, -0.2) is 37.9 Å². The van der Waals surface area contributed by atoms with Crippen LogP contribution < -0.4 is 4.74 Å². The molecule has 3 aromatic rings. The molecule has 2 heterocycles. The van der Waals surface area contributed by atoms with Gasteiger partial charge in [0.1, 0.15) is 5.75 Å². The molecule has 2 aromatic carbocycles. The van der Waals surface area contributed by atoms with E-state index < -0.39 is 10.0 Å². The maximum absolute atomic E-state index is 12.9. The number of para-hydroxylation sites is 1. The van der Waals surface area contributed by atoms with E-state index in [0.29, 0.717) is 30.2 Å². The highest BCUT2D eigenvalue weighted by Gasteiger charge is 2.27. The second-order valence-electron chi connectivity index (χ2n) is 6.69. The fraction of sp³-hybridized carbons (Fsp3) is 0.238. The normalized spacial score (nSPS) is 15.7. The summed E-state index contributed by atoms with van der Waals surface area (Å²) in [5.41, 5.74) is 4.63. The standard InChI is InChI=1S/C21H22N2O3S/c1-15-21(19-5-3-4-6-20(19)22-15)16-11-13-23(14-12-16)27(24,25)18-9-7-17(26-2)8-10-18/h3-11,22H,12-14H2,1-2H3. The Morgan fingerprint density at radius 3 is 2.48 bits per heavy atom. The highest BCUT2D eigenvalue weighted by Crippen LogP contribution is 2.33. The molecule has 0 bridgehead atoms. The van der Waals surface area contributed by atoms with Gasteiger partial charge in [0, 0.05) is 35.2 Å². The molecule has 0 spiro atoms. The van der Waals surface area contributed by atoms with E-state index in [4.69, 9.17) is 4.74 Å². The van der Waals surface area contributed by atoms with Gasteiger partial charge in [-0.15, -0.1) is 0 Å². The molecule has 1 aliphatic rings. The van der Waals surface area contributed by atoms with Crippen LogP contribution in [-0.2, 0) is 10.0 Å². The van der Waals surface area contributed by atoms with E-state index in [2.05, 4.69) is 24.0 Å². The van der Waals surface area contributed by atoms with Gasteiger partial charge in [-0.05, 0) is 49.2 Å². The van der Waals surface area contributed by atoms with Crippen LogP contribution in [0.1, 0.15) is 17.7 Å². The summed E-state index contributed by atoms with van der Waals surface area (Å²) in [5.74, 6) is 0.643. The Bertz CT molecular complexity index is 1110. The van der Waals surface area contributed by atoms with Gasteiger partial charge in [-0.3, -0.25) is 0 Å². The first kappa shape index (κ1) is 17.8. The monoisotopic (exact) mass is 382 g/mol. The summed E-state index contributed by atoms with van der Waals surface area (Å²) in [5, 5.41) is 1.19. The zero-order valence-corrected chi connectivity index (χ0v) is 16.2. The smallest absolute Gasteiger partial charge is 0.243 e. The number of methoxy groups -OCH3 is 1. The first-order valence-electron chi connectivity index (χ1n) is 8.91. The predicted octanol–water partition coefficient (Wildman–Crippen LogP) is 3.96. The average molecular weight is 382 g/mol. The van der Waals surface area contributed by atoms with Gasteiger partial charge in [0.2, 0.25) is 10.0 Å². The van der Waals surface area contributed by atoms with E-state index in [0.717, 1.165) is 11.2 Å². The number of ether oxygens (including phenoxy) is 1.